The molecule has 1 atom stereocenters. The largest absolute Gasteiger partial charge is 0.489 e. The van der Waals surface area contributed by atoms with Crippen LogP contribution >= 0.6 is 15.9 Å². The van der Waals surface area contributed by atoms with E-state index in [2.05, 4.69) is 28.2 Å². The van der Waals surface area contributed by atoms with E-state index in [0.29, 0.717) is 6.54 Å². The molecule has 0 heterocycles. The van der Waals surface area contributed by atoms with Crippen LogP contribution in [0, 0.1) is 6.92 Å². The van der Waals surface area contributed by atoms with Crippen molar-refractivity contribution in [3.8, 4) is 5.75 Å². The fourth-order valence-electron chi connectivity index (χ4n) is 1.54. The Bertz CT molecular complexity index is 380. The first kappa shape index (κ1) is 15.5. The van der Waals surface area contributed by atoms with E-state index in [9.17, 15) is 5.11 Å². The smallest absolute Gasteiger partial charge is 0.133 e. The summed E-state index contributed by atoms with van der Waals surface area (Å²) in [5, 5.41) is 13.3. The molecule has 0 aromatic heterocycles. The highest BCUT2D eigenvalue weighted by molar-refractivity contribution is 9.10. The summed E-state index contributed by atoms with van der Waals surface area (Å²) in [5.41, 5.74) is 0.310. The van der Waals surface area contributed by atoms with E-state index in [1.807, 2.05) is 25.1 Å². The highest BCUT2D eigenvalue weighted by Crippen LogP contribution is 2.26. The quantitative estimate of drug-likeness (QED) is 0.760. The van der Waals surface area contributed by atoms with Crippen LogP contribution in [0.25, 0.3) is 0 Å². The minimum Gasteiger partial charge on any atom is -0.489 e. The monoisotopic (exact) mass is 315 g/mol. The van der Waals surface area contributed by atoms with E-state index in [1.54, 1.807) is 6.92 Å². The Hall–Kier alpha value is -0.580. The third kappa shape index (κ3) is 5.38. The van der Waals surface area contributed by atoms with Crippen molar-refractivity contribution in [3.05, 3.63) is 28.2 Å². The van der Waals surface area contributed by atoms with Crippen molar-refractivity contribution in [2.45, 2.75) is 32.8 Å². The zero-order valence-electron chi connectivity index (χ0n) is 11.3. The summed E-state index contributed by atoms with van der Waals surface area (Å²) in [4.78, 5) is 0. The number of aliphatic hydroxyl groups is 1. The molecule has 0 amide bonds. The van der Waals surface area contributed by atoms with Crippen molar-refractivity contribution in [3.63, 3.8) is 0 Å². The number of hydrogen-bond acceptors (Lipinski definition) is 3. The Balaban J connectivity index is 2.48. The van der Waals surface area contributed by atoms with Crippen LogP contribution in [-0.2, 0) is 0 Å². The van der Waals surface area contributed by atoms with Gasteiger partial charge in [-0.15, -0.1) is 0 Å². The maximum atomic E-state index is 10.1. The van der Waals surface area contributed by atoms with Crippen LogP contribution in [0.3, 0.4) is 0 Å². The highest BCUT2D eigenvalue weighted by Gasteiger charge is 2.21. The van der Waals surface area contributed by atoms with Gasteiger partial charge in [0.05, 0.1) is 4.47 Å². The lowest BCUT2D eigenvalue weighted by molar-refractivity contribution is 0.0122. The molecule has 18 heavy (non-hydrogen) atoms. The SMILES string of the molecule is CCCNCC(C)(O)COc1ccc(C)cc1Br. The molecule has 0 aliphatic heterocycles. The maximum absolute atomic E-state index is 10.1. The molecule has 0 saturated heterocycles. The summed E-state index contributed by atoms with van der Waals surface area (Å²) in [6.45, 7) is 7.61. The van der Waals surface area contributed by atoms with Gasteiger partial charge < -0.3 is 15.2 Å². The van der Waals surface area contributed by atoms with Crippen molar-refractivity contribution >= 4 is 15.9 Å². The van der Waals surface area contributed by atoms with Crippen LogP contribution in [0.15, 0.2) is 22.7 Å². The van der Waals surface area contributed by atoms with E-state index in [0.717, 1.165) is 23.2 Å². The molecular weight excluding hydrogens is 294 g/mol. The van der Waals surface area contributed by atoms with E-state index in [1.165, 1.54) is 5.56 Å². The van der Waals surface area contributed by atoms with E-state index >= 15 is 0 Å². The standard InChI is InChI=1S/C14H22BrNO2/c1-4-7-16-9-14(3,17)10-18-13-6-5-11(2)8-12(13)15/h5-6,8,16-17H,4,7,9-10H2,1-3H3. The van der Waals surface area contributed by atoms with Gasteiger partial charge in [-0.25, -0.2) is 0 Å². The Morgan fingerprint density at radius 1 is 1.44 bits per heavy atom. The van der Waals surface area contributed by atoms with Crippen molar-refractivity contribution in [1.82, 2.24) is 5.32 Å². The second kappa shape index (κ2) is 7.12. The summed E-state index contributed by atoms with van der Waals surface area (Å²) >= 11 is 3.46. The molecule has 4 heteroatoms. The van der Waals surface area contributed by atoms with Crippen molar-refractivity contribution < 1.29 is 9.84 Å². The van der Waals surface area contributed by atoms with Gasteiger partial charge in [-0.05, 0) is 60.4 Å². The van der Waals surface area contributed by atoms with Crippen molar-refractivity contribution in [2.24, 2.45) is 0 Å². The van der Waals surface area contributed by atoms with E-state index in [4.69, 9.17) is 4.74 Å². The number of nitrogens with one attached hydrogen (secondary N) is 1. The molecule has 3 nitrogen and oxygen atoms in total. The number of halogens is 1. The third-order valence-corrected chi connectivity index (χ3v) is 3.18. The highest BCUT2D eigenvalue weighted by atomic mass is 79.9. The fourth-order valence-corrected chi connectivity index (χ4v) is 2.15. The van der Waals surface area contributed by atoms with Crippen LogP contribution in [0.2, 0.25) is 0 Å². The summed E-state index contributed by atoms with van der Waals surface area (Å²) in [5.74, 6) is 0.761. The summed E-state index contributed by atoms with van der Waals surface area (Å²) in [6.07, 6.45) is 1.06. The van der Waals surface area contributed by atoms with E-state index in [-0.39, 0.29) is 6.61 Å². The van der Waals surface area contributed by atoms with Gasteiger partial charge in [-0.2, -0.15) is 0 Å². The lowest BCUT2D eigenvalue weighted by atomic mass is 10.1. The molecule has 1 rings (SSSR count). The Morgan fingerprint density at radius 2 is 2.17 bits per heavy atom. The zero-order valence-corrected chi connectivity index (χ0v) is 12.9. The van der Waals surface area contributed by atoms with Crippen molar-refractivity contribution in [2.75, 3.05) is 19.7 Å². The topological polar surface area (TPSA) is 41.5 Å². The van der Waals surface area contributed by atoms with Gasteiger partial charge in [0.15, 0.2) is 0 Å². The minimum atomic E-state index is -0.862. The predicted octanol–water partition coefficient (Wildman–Crippen LogP) is 2.89. The lowest BCUT2D eigenvalue weighted by Crippen LogP contribution is -2.43. The molecule has 0 radical (unpaired) electrons. The van der Waals surface area contributed by atoms with Crippen LogP contribution in [0.1, 0.15) is 25.8 Å². The molecule has 1 unspecified atom stereocenters. The average molecular weight is 316 g/mol. The summed E-state index contributed by atoms with van der Waals surface area (Å²) in [6, 6.07) is 5.90. The van der Waals surface area contributed by atoms with Gasteiger partial charge in [0.2, 0.25) is 0 Å². The number of rotatable bonds is 7. The van der Waals surface area contributed by atoms with Gasteiger partial charge in [0.25, 0.3) is 0 Å². The predicted molar refractivity (Wildman–Crippen MR) is 78.2 cm³/mol. The minimum absolute atomic E-state index is 0.269. The normalized spacial score (nSPS) is 14.3. The molecule has 2 N–H and O–H groups in total. The van der Waals surface area contributed by atoms with E-state index < -0.39 is 5.60 Å². The van der Waals surface area contributed by atoms with Gasteiger partial charge in [0, 0.05) is 6.54 Å². The zero-order chi connectivity index (χ0) is 13.6. The summed E-state index contributed by atoms with van der Waals surface area (Å²) in [7, 11) is 0. The van der Waals surface area contributed by atoms with Crippen LogP contribution in [-0.4, -0.2) is 30.4 Å². The lowest BCUT2D eigenvalue weighted by Gasteiger charge is -2.24. The number of hydrogen-bond donors (Lipinski definition) is 2. The number of ether oxygens (including phenoxy) is 1. The average Bonchev–Trinajstić information content (AvgIpc) is 2.28. The van der Waals surface area contributed by atoms with Gasteiger partial charge in [-0.1, -0.05) is 13.0 Å². The summed E-state index contributed by atoms with van der Waals surface area (Å²) < 4.78 is 6.57. The molecule has 0 aliphatic carbocycles. The first-order valence-corrected chi connectivity index (χ1v) is 7.06. The molecule has 0 aliphatic rings. The number of aryl methyl sites for hydroxylation is 1. The Labute approximate surface area is 118 Å². The van der Waals surface area contributed by atoms with Crippen LogP contribution < -0.4 is 10.1 Å². The molecule has 102 valence electrons. The van der Waals surface area contributed by atoms with Gasteiger partial charge in [0.1, 0.15) is 18.0 Å². The van der Waals surface area contributed by atoms with Crippen LogP contribution in [0.4, 0.5) is 0 Å². The molecule has 0 saturated carbocycles. The Morgan fingerprint density at radius 3 is 2.78 bits per heavy atom. The molecule has 1 aromatic carbocycles. The van der Waals surface area contributed by atoms with Gasteiger partial charge >= 0.3 is 0 Å². The number of benzene rings is 1. The second-order valence-electron chi connectivity index (χ2n) is 4.90. The molecule has 0 bridgehead atoms. The molecule has 0 fully saturated rings. The molecular formula is C14H22BrNO2. The first-order valence-electron chi connectivity index (χ1n) is 6.26. The molecule has 0 spiro atoms. The third-order valence-electron chi connectivity index (χ3n) is 2.56. The maximum Gasteiger partial charge on any atom is 0.133 e. The molecule has 1 aromatic rings. The van der Waals surface area contributed by atoms with Crippen LogP contribution in [0.5, 0.6) is 5.75 Å². The van der Waals surface area contributed by atoms with Crippen molar-refractivity contribution in [1.29, 1.82) is 0 Å². The second-order valence-corrected chi connectivity index (χ2v) is 5.75. The van der Waals surface area contributed by atoms with Gasteiger partial charge in [-0.3, -0.25) is 0 Å². The Kier molecular flexibility index (Phi) is 6.12. The first-order chi connectivity index (χ1) is 8.44. The fraction of sp³-hybridized carbons (Fsp3) is 0.571.